The topological polar surface area (TPSA) is 60.7 Å². The van der Waals surface area contributed by atoms with Gasteiger partial charge in [-0.1, -0.05) is 23.5 Å². The summed E-state index contributed by atoms with van der Waals surface area (Å²) < 4.78 is 35.1. The lowest BCUT2D eigenvalue weighted by atomic mass is 10.1. The standard InChI is InChI=1S/C20H18F2N2O3S/c1-3-27-9-8-24-18-16(22)10-15(21)11-17(18)28-20(24)23-19(26)14-6-4-13(5-7-14)12(2)25/h4-7,10-11H,3,8-9H2,1-2H3. The number of ether oxygens (including phenoxy) is 1. The van der Waals surface area contributed by atoms with Crippen LogP contribution in [0.3, 0.4) is 0 Å². The lowest BCUT2D eigenvalue weighted by Crippen LogP contribution is -2.20. The van der Waals surface area contributed by atoms with Crippen molar-refractivity contribution in [1.82, 2.24) is 4.57 Å². The van der Waals surface area contributed by atoms with Gasteiger partial charge < -0.3 is 9.30 Å². The molecule has 1 amide bonds. The Kier molecular flexibility index (Phi) is 6.11. The molecule has 0 fully saturated rings. The number of nitrogens with zero attached hydrogens (tertiary/aromatic N) is 2. The Morgan fingerprint density at radius 1 is 1.14 bits per heavy atom. The Bertz CT molecular complexity index is 1100. The van der Waals surface area contributed by atoms with Crippen molar-refractivity contribution in [1.29, 1.82) is 0 Å². The highest BCUT2D eigenvalue weighted by Gasteiger charge is 2.14. The van der Waals surface area contributed by atoms with Crippen LogP contribution in [0.15, 0.2) is 41.4 Å². The van der Waals surface area contributed by atoms with Gasteiger partial charge in [0.25, 0.3) is 5.91 Å². The largest absolute Gasteiger partial charge is 0.380 e. The number of amides is 1. The number of benzene rings is 2. The van der Waals surface area contributed by atoms with E-state index in [0.717, 1.165) is 17.4 Å². The van der Waals surface area contributed by atoms with Crippen molar-refractivity contribution >= 4 is 33.2 Å². The number of hydrogen-bond acceptors (Lipinski definition) is 4. The molecule has 0 unspecified atom stereocenters. The molecule has 1 aromatic heterocycles. The number of thiazole rings is 1. The number of aromatic nitrogens is 1. The minimum Gasteiger partial charge on any atom is -0.380 e. The molecule has 0 bridgehead atoms. The van der Waals surface area contributed by atoms with Gasteiger partial charge in [0.2, 0.25) is 0 Å². The van der Waals surface area contributed by atoms with E-state index in [-0.39, 0.29) is 22.6 Å². The Hall–Kier alpha value is -2.71. The van der Waals surface area contributed by atoms with Gasteiger partial charge in [-0.05, 0) is 32.0 Å². The van der Waals surface area contributed by atoms with Gasteiger partial charge in [-0.3, -0.25) is 9.59 Å². The summed E-state index contributed by atoms with van der Waals surface area (Å²) in [6, 6.07) is 8.15. The van der Waals surface area contributed by atoms with Gasteiger partial charge in [0.05, 0.1) is 16.8 Å². The summed E-state index contributed by atoms with van der Waals surface area (Å²) in [6.45, 7) is 4.34. The van der Waals surface area contributed by atoms with E-state index < -0.39 is 17.5 Å². The summed E-state index contributed by atoms with van der Waals surface area (Å²) in [7, 11) is 0. The molecule has 0 aliphatic rings. The maximum Gasteiger partial charge on any atom is 0.279 e. The first kappa shape index (κ1) is 20.0. The monoisotopic (exact) mass is 404 g/mol. The molecule has 2 aromatic carbocycles. The van der Waals surface area contributed by atoms with Crippen molar-refractivity contribution in [3.8, 4) is 0 Å². The van der Waals surface area contributed by atoms with E-state index >= 15 is 0 Å². The van der Waals surface area contributed by atoms with Crippen LogP contribution in [-0.4, -0.2) is 29.5 Å². The molecule has 0 atom stereocenters. The van der Waals surface area contributed by atoms with E-state index in [9.17, 15) is 18.4 Å². The third kappa shape index (κ3) is 4.23. The van der Waals surface area contributed by atoms with Crippen LogP contribution in [0.25, 0.3) is 10.2 Å². The highest BCUT2D eigenvalue weighted by atomic mass is 32.1. The second kappa shape index (κ2) is 8.53. The zero-order chi connectivity index (χ0) is 20.3. The predicted molar refractivity (Wildman–Crippen MR) is 103 cm³/mol. The molecule has 3 rings (SSSR count). The molecular formula is C20H18F2N2O3S. The van der Waals surface area contributed by atoms with Crippen LogP contribution in [0.2, 0.25) is 0 Å². The van der Waals surface area contributed by atoms with Gasteiger partial charge in [-0.25, -0.2) is 8.78 Å². The first-order chi connectivity index (χ1) is 13.4. The fourth-order valence-corrected chi connectivity index (χ4v) is 3.81. The molecule has 3 aromatic rings. The van der Waals surface area contributed by atoms with Crippen LogP contribution < -0.4 is 4.80 Å². The van der Waals surface area contributed by atoms with E-state index in [1.165, 1.54) is 29.7 Å². The van der Waals surface area contributed by atoms with Crippen molar-refractivity contribution in [3.63, 3.8) is 0 Å². The van der Waals surface area contributed by atoms with Gasteiger partial charge in [0.15, 0.2) is 16.4 Å². The number of rotatable bonds is 6. The molecule has 0 aliphatic heterocycles. The summed E-state index contributed by atoms with van der Waals surface area (Å²) in [6.07, 6.45) is 0. The van der Waals surface area contributed by atoms with Crippen LogP contribution in [-0.2, 0) is 11.3 Å². The Morgan fingerprint density at radius 2 is 1.82 bits per heavy atom. The molecule has 0 spiro atoms. The average molecular weight is 404 g/mol. The molecule has 146 valence electrons. The summed E-state index contributed by atoms with van der Waals surface area (Å²) in [4.78, 5) is 28.3. The minimum absolute atomic E-state index is 0.105. The number of Topliss-reactive ketones (excluding diaryl/α,β-unsaturated/α-hetero) is 1. The van der Waals surface area contributed by atoms with Gasteiger partial charge in [0.1, 0.15) is 5.82 Å². The Morgan fingerprint density at radius 3 is 2.46 bits per heavy atom. The number of hydrogen-bond donors (Lipinski definition) is 0. The maximum absolute atomic E-state index is 14.4. The van der Waals surface area contributed by atoms with Crippen molar-refractivity contribution in [2.24, 2.45) is 4.99 Å². The van der Waals surface area contributed by atoms with E-state index in [1.807, 2.05) is 6.92 Å². The average Bonchev–Trinajstić information content (AvgIpc) is 2.99. The summed E-state index contributed by atoms with van der Waals surface area (Å²) >= 11 is 1.03. The number of halogens is 2. The quantitative estimate of drug-likeness (QED) is 0.462. The van der Waals surface area contributed by atoms with Gasteiger partial charge >= 0.3 is 0 Å². The SMILES string of the molecule is CCOCCn1c(=NC(=O)c2ccc(C(C)=O)cc2)sc2cc(F)cc(F)c21. The Balaban J connectivity index is 2.06. The second-order valence-corrected chi connectivity index (χ2v) is 7.03. The number of carbonyl (C=O) groups is 2. The molecule has 0 aliphatic carbocycles. The maximum atomic E-state index is 14.4. The van der Waals surface area contributed by atoms with Crippen molar-refractivity contribution in [2.45, 2.75) is 20.4 Å². The second-order valence-electron chi connectivity index (χ2n) is 6.02. The summed E-state index contributed by atoms with van der Waals surface area (Å²) in [5, 5.41) is 0. The number of carbonyl (C=O) groups excluding carboxylic acids is 2. The smallest absolute Gasteiger partial charge is 0.279 e. The van der Waals surface area contributed by atoms with E-state index in [1.54, 1.807) is 12.1 Å². The van der Waals surface area contributed by atoms with Crippen LogP contribution >= 0.6 is 11.3 Å². The first-order valence-corrected chi connectivity index (χ1v) is 9.48. The molecule has 0 radical (unpaired) electrons. The summed E-state index contributed by atoms with van der Waals surface area (Å²) in [5.41, 5.74) is 0.970. The molecule has 8 heteroatoms. The van der Waals surface area contributed by atoms with Crippen LogP contribution in [0.4, 0.5) is 8.78 Å². The van der Waals surface area contributed by atoms with Crippen molar-refractivity contribution < 1.29 is 23.1 Å². The third-order valence-electron chi connectivity index (χ3n) is 4.09. The normalized spacial score (nSPS) is 11.9. The third-order valence-corrected chi connectivity index (χ3v) is 5.12. The highest BCUT2D eigenvalue weighted by molar-refractivity contribution is 7.16. The van der Waals surface area contributed by atoms with Crippen LogP contribution in [0, 0.1) is 11.6 Å². The van der Waals surface area contributed by atoms with Crippen LogP contribution in [0.5, 0.6) is 0 Å². The molecule has 0 saturated carbocycles. The molecule has 0 saturated heterocycles. The molecule has 28 heavy (non-hydrogen) atoms. The van der Waals surface area contributed by atoms with E-state index in [2.05, 4.69) is 4.99 Å². The minimum atomic E-state index is -0.720. The van der Waals surface area contributed by atoms with E-state index in [4.69, 9.17) is 4.74 Å². The zero-order valence-corrected chi connectivity index (χ0v) is 16.2. The molecular weight excluding hydrogens is 386 g/mol. The Labute approximate surface area is 163 Å². The highest BCUT2D eigenvalue weighted by Crippen LogP contribution is 2.22. The van der Waals surface area contributed by atoms with Gasteiger partial charge in [-0.15, -0.1) is 0 Å². The zero-order valence-electron chi connectivity index (χ0n) is 15.4. The summed E-state index contributed by atoms with van der Waals surface area (Å²) in [5.74, 6) is -2.05. The van der Waals surface area contributed by atoms with Gasteiger partial charge in [0, 0.05) is 30.3 Å². The number of ketones is 1. The number of fused-ring (bicyclic) bond motifs is 1. The lowest BCUT2D eigenvalue weighted by Gasteiger charge is -2.06. The molecule has 5 nitrogen and oxygen atoms in total. The van der Waals surface area contributed by atoms with Gasteiger partial charge in [-0.2, -0.15) is 4.99 Å². The molecule has 1 heterocycles. The van der Waals surface area contributed by atoms with Crippen molar-refractivity contribution in [2.75, 3.05) is 13.2 Å². The van der Waals surface area contributed by atoms with E-state index in [0.29, 0.717) is 29.0 Å². The van der Waals surface area contributed by atoms with Crippen LogP contribution in [0.1, 0.15) is 34.6 Å². The molecule has 0 N–H and O–H groups in total. The fourth-order valence-electron chi connectivity index (χ4n) is 2.72. The lowest BCUT2D eigenvalue weighted by molar-refractivity contribution is 0.0990. The predicted octanol–water partition coefficient (Wildman–Crippen LogP) is 3.96. The first-order valence-electron chi connectivity index (χ1n) is 8.67. The fraction of sp³-hybridized carbons (Fsp3) is 0.250. The van der Waals surface area contributed by atoms with Crippen molar-refractivity contribution in [3.05, 3.63) is 64.0 Å².